The zero-order valence-electron chi connectivity index (χ0n) is 12.8. The number of ether oxygens (including phenoxy) is 1. The molecule has 24 heavy (non-hydrogen) atoms. The van der Waals surface area contributed by atoms with Gasteiger partial charge in [-0.3, -0.25) is 4.79 Å². The molecule has 0 bridgehead atoms. The van der Waals surface area contributed by atoms with Crippen LogP contribution in [-0.4, -0.2) is 17.9 Å². The highest BCUT2D eigenvalue weighted by Crippen LogP contribution is 2.25. The van der Waals surface area contributed by atoms with E-state index in [2.05, 4.69) is 21.2 Å². The molecule has 0 aliphatic heterocycles. The molecule has 6 heteroatoms. The lowest BCUT2D eigenvalue weighted by Gasteiger charge is -2.17. The number of amides is 1. The van der Waals surface area contributed by atoms with Gasteiger partial charge in [-0.25, -0.2) is 4.79 Å². The van der Waals surface area contributed by atoms with Crippen LogP contribution in [0.4, 0.5) is 0 Å². The van der Waals surface area contributed by atoms with Crippen molar-refractivity contribution in [3.8, 4) is 0 Å². The Kier molecular flexibility index (Phi) is 5.48. The van der Waals surface area contributed by atoms with E-state index < -0.39 is 12.1 Å². The van der Waals surface area contributed by atoms with Crippen LogP contribution in [0.15, 0.2) is 52.3 Å². The summed E-state index contributed by atoms with van der Waals surface area (Å²) in [5.41, 5.74) is 0.663. The van der Waals surface area contributed by atoms with E-state index in [0.29, 0.717) is 5.56 Å². The van der Waals surface area contributed by atoms with Gasteiger partial charge in [-0.2, -0.15) is 0 Å². The first-order valence-electron chi connectivity index (χ1n) is 7.61. The molecule has 4 nitrogen and oxygen atoms in total. The lowest BCUT2D eigenvalue weighted by atomic mass is 10.1. The Morgan fingerprint density at radius 1 is 1.21 bits per heavy atom. The van der Waals surface area contributed by atoms with E-state index in [1.54, 1.807) is 18.2 Å². The average molecular weight is 406 g/mol. The minimum Gasteiger partial charge on any atom is -0.444 e. The van der Waals surface area contributed by atoms with E-state index in [0.717, 1.165) is 21.5 Å². The lowest BCUT2D eigenvalue weighted by Crippen LogP contribution is -2.33. The van der Waals surface area contributed by atoms with Crippen LogP contribution in [0.1, 0.15) is 29.4 Å². The Morgan fingerprint density at radius 3 is 2.58 bits per heavy atom. The second kappa shape index (κ2) is 7.77. The van der Waals surface area contributed by atoms with E-state index in [1.807, 2.05) is 30.3 Å². The topological polar surface area (TPSA) is 55.4 Å². The predicted molar refractivity (Wildman–Crippen MR) is 97.5 cm³/mol. The van der Waals surface area contributed by atoms with E-state index >= 15 is 0 Å². The van der Waals surface area contributed by atoms with Crippen molar-refractivity contribution >= 4 is 45.2 Å². The summed E-state index contributed by atoms with van der Waals surface area (Å²) in [5, 5.41) is 2.89. The predicted octanol–water partition coefficient (Wildman–Crippen LogP) is 4.09. The van der Waals surface area contributed by atoms with Crippen LogP contribution in [0, 0.1) is 0 Å². The van der Waals surface area contributed by atoms with Crippen molar-refractivity contribution < 1.29 is 14.3 Å². The molecule has 0 saturated heterocycles. The SMILES string of the molecule is O=C(/C=C/c1ccc(Br)s1)O[C@@H](C(=O)NC1CC1)c1ccccc1. The van der Waals surface area contributed by atoms with Crippen molar-refractivity contribution in [3.05, 3.63) is 62.8 Å². The number of carbonyl (C=O) groups is 2. The van der Waals surface area contributed by atoms with Crippen molar-refractivity contribution in [2.75, 3.05) is 0 Å². The molecule has 2 aromatic rings. The number of halogens is 1. The molecule has 1 amide bonds. The van der Waals surface area contributed by atoms with Crippen LogP contribution in [0.3, 0.4) is 0 Å². The van der Waals surface area contributed by atoms with Gasteiger partial charge >= 0.3 is 5.97 Å². The number of esters is 1. The van der Waals surface area contributed by atoms with Crippen LogP contribution in [-0.2, 0) is 14.3 Å². The van der Waals surface area contributed by atoms with Gasteiger partial charge in [0.2, 0.25) is 6.10 Å². The zero-order chi connectivity index (χ0) is 16.9. The molecule has 0 unspecified atom stereocenters. The van der Waals surface area contributed by atoms with Gasteiger partial charge in [-0.05, 0) is 47.0 Å². The fourth-order valence-electron chi connectivity index (χ4n) is 2.13. The summed E-state index contributed by atoms with van der Waals surface area (Å²) in [7, 11) is 0. The number of thiophene rings is 1. The van der Waals surface area contributed by atoms with Crippen molar-refractivity contribution in [3.63, 3.8) is 0 Å². The molecular formula is C18H16BrNO3S. The number of hydrogen-bond donors (Lipinski definition) is 1. The summed E-state index contributed by atoms with van der Waals surface area (Å²) in [4.78, 5) is 25.4. The maximum absolute atomic E-state index is 12.4. The lowest BCUT2D eigenvalue weighted by molar-refractivity contribution is -0.151. The van der Waals surface area contributed by atoms with E-state index in [-0.39, 0.29) is 11.9 Å². The minimum atomic E-state index is -0.931. The first-order chi connectivity index (χ1) is 11.6. The minimum absolute atomic E-state index is 0.210. The Morgan fingerprint density at radius 2 is 1.96 bits per heavy atom. The third-order valence-corrected chi connectivity index (χ3v) is 5.06. The van der Waals surface area contributed by atoms with Gasteiger partial charge in [0.15, 0.2) is 0 Å². The number of nitrogens with one attached hydrogen (secondary N) is 1. The summed E-state index contributed by atoms with van der Waals surface area (Å²) in [5.74, 6) is -0.816. The van der Waals surface area contributed by atoms with E-state index in [1.165, 1.54) is 17.4 Å². The normalized spacial score (nSPS) is 15.2. The fourth-order valence-corrected chi connectivity index (χ4v) is 3.46. The number of hydrogen-bond acceptors (Lipinski definition) is 4. The molecule has 1 fully saturated rings. The Balaban J connectivity index is 1.69. The maximum atomic E-state index is 12.4. The molecule has 1 aromatic heterocycles. The van der Waals surface area contributed by atoms with E-state index in [9.17, 15) is 9.59 Å². The third-order valence-electron chi connectivity index (χ3n) is 3.48. The largest absolute Gasteiger partial charge is 0.444 e. The molecular weight excluding hydrogens is 390 g/mol. The second-order valence-electron chi connectivity index (χ2n) is 5.49. The summed E-state index contributed by atoms with van der Waals surface area (Å²) >= 11 is 4.88. The molecule has 1 aliphatic rings. The van der Waals surface area contributed by atoms with Crippen molar-refractivity contribution in [2.45, 2.75) is 25.0 Å². The molecule has 124 valence electrons. The highest BCUT2D eigenvalue weighted by atomic mass is 79.9. The summed E-state index contributed by atoms with van der Waals surface area (Å²) in [6, 6.07) is 13.1. The summed E-state index contributed by atoms with van der Waals surface area (Å²) < 4.78 is 6.40. The maximum Gasteiger partial charge on any atom is 0.331 e. The Bertz CT molecular complexity index is 753. The molecule has 1 atom stereocenters. The van der Waals surface area contributed by atoms with Gasteiger partial charge < -0.3 is 10.1 Å². The first kappa shape index (κ1) is 16.9. The van der Waals surface area contributed by atoms with Gasteiger partial charge in [-0.1, -0.05) is 30.3 Å². The van der Waals surface area contributed by atoms with Gasteiger partial charge in [-0.15, -0.1) is 11.3 Å². The smallest absolute Gasteiger partial charge is 0.331 e. The molecule has 0 spiro atoms. The number of benzene rings is 1. The zero-order valence-corrected chi connectivity index (χ0v) is 15.2. The molecule has 3 rings (SSSR count). The van der Waals surface area contributed by atoms with E-state index in [4.69, 9.17) is 4.74 Å². The van der Waals surface area contributed by atoms with Crippen LogP contribution < -0.4 is 5.32 Å². The molecule has 1 N–H and O–H groups in total. The molecule has 1 aliphatic carbocycles. The van der Waals surface area contributed by atoms with Gasteiger partial charge in [0.05, 0.1) is 3.79 Å². The van der Waals surface area contributed by atoms with Crippen LogP contribution in [0.2, 0.25) is 0 Å². The molecule has 1 aromatic carbocycles. The quantitative estimate of drug-likeness (QED) is 0.581. The number of rotatable bonds is 6. The molecule has 1 saturated carbocycles. The second-order valence-corrected chi connectivity index (χ2v) is 7.98. The summed E-state index contributed by atoms with van der Waals surface area (Å²) in [6.07, 6.45) is 4.05. The van der Waals surface area contributed by atoms with Gasteiger partial charge in [0.25, 0.3) is 5.91 Å². The van der Waals surface area contributed by atoms with Gasteiger partial charge in [0, 0.05) is 22.6 Å². The Hall–Kier alpha value is -1.92. The monoisotopic (exact) mass is 405 g/mol. The fraction of sp³-hybridized carbons (Fsp3) is 0.222. The highest BCUT2D eigenvalue weighted by molar-refractivity contribution is 9.11. The van der Waals surface area contributed by atoms with Crippen molar-refractivity contribution in [1.82, 2.24) is 5.32 Å². The van der Waals surface area contributed by atoms with Crippen molar-refractivity contribution in [1.29, 1.82) is 0 Å². The first-order valence-corrected chi connectivity index (χ1v) is 9.22. The third kappa shape index (κ3) is 4.79. The highest BCUT2D eigenvalue weighted by Gasteiger charge is 2.30. The average Bonchev–Trinajstić information content (AvgIpc) is 3.30. The number of carbonyl (C=O) groups excluding carboxylic acids is 2. The van der Waals surface area contributed by atoms with Crippen molar-refractivity contribution in [2.24, 2.45) is 0 Å². The molecule has 0 radical (unpaired) electrons. The standard InChI is InChI=1S/C18H16BrNO3S/c19-15-10-8-14(24-15)9-11-16(21)23-17(12-4-2-1-3-5-12)18(22)20-13-6-7-13/h1-5,8-11,13,17H,6-7H2,(H,20,22)/b11-9+/t17-/m1/s1. The molecule has 1 heterocycles. The summed E-state index contributed by atoms with van der Waals surface area (Å²) in [6.45, 7) is 0. The van der Waals surface area contributed by atoms with Crippen LogP contribution in [0.5, 0.6) is 0 Å². The van der Waals surface area contributed by atoms with Crippen LogP contribution >= 0.6 is 27.3 Å². The van der Waals surface area contributed by atoms with Crippen LogP contribution in [0.25, 0.3) is 6.08 Å². The Labute approximate surface area is 152 Å². The van der Waals surface area contributed by atoms with Gasteiger partial charge in [0.1, 0.15) is 0 Å².